The van der Waals surface area contributed by atoms with Crippen LogP contribution in [-0.4, -0.2) is 47.4 Å². The Hall–Kier alpha value is -1.40. The van der Waals surface area contributed by atoms with Gasteiger partial charge in [0.1, 0.15) is 0 Å². The maximum absolute atomic E-state index is 12.5. The SMILES string of the molecule is CCCCCC/C=C\CCCCCCCC(=O)OCCCCCCCCCCCCCCCCCCCCCC(=O)NC(CO)C(O)CCCCCCCCCCCCCCCCCCCCCCCCCCC. The predicted molar refractivity (Wildman–Crippen MR) is 324 cm³/mol. The molecule has 74 heavy (non-hydrogen) atoms. The van der Waals surface area contributed by atoms with Gasteiger partial charge in [0, 0.05) is 12.8 Å². The van der Waals surface area contributed by atoms with Crippen molar-refractivity contribution in [3.05, 3.63) is 12.2 Å². The highest BCUT2D eigenvalue weighted by Crippen LogP contribution is 2.19. The molecule has 0 aromatic carbocycles. The number of allylic oxidation sites excluding steroid dienone is 2. The Balaban J connectivity index is 3.40. The van der Waals surface area contributed by atoms with Gasteiger partial charge in [-0.3, -0.25) is 9.59 Å². The van der Waals surface area contributed by atoms with Crippen LogP contribution in [0.5, 0.6) is 0 Å². The van der Waals surface area contributed by atoms with E-state index in [-0.39, 0.29) is 18.5 Å². The number of hydrogen-bond acceptors (Lipinski definition) is 5. The van der Waals surface area contributed by atoms with E-state index >= 15 is 0 Å². The van der Waals surface area contributed by atoms with E-state index in [0.29, 0.717) is 25.9 Å². The molecule has 0 heterocycles. The molecule has 2 unspecified atom stereocenters. The van der Waals surface area contributed by atoms with Gasteiger partial charge in [0.25, 0.3) is 0 Å². The highest BCUT2D eigenvalue weighted by Gasteiger charge is 2.20. The number of carbonyl (C=O) groups excluding carboxylic acids is 2. The first kappa shape index (κ1) is 72.6. The second-order valence-corrected chi connectivity index (χ2v) is 23.5. The van der Waals surface area contributed by atoms with Crippen molar-refractivity contribution < 1.29 is 24.5 Å². The highest BCUT2D eigenvalue weighted by atomic mass is 16.5. The van der Waals surface area contributed by atoms with Crippen molar-refractivity contribution in [2.24, 2.45) is 0 Å². The van der Waals surface area contributed by atoms with Gasteiger partial charge in [-0.15, -0.1) is 0 Å². The molecule has 0 saturated heterocycles. The Morgan fingerprint density at radius 3 is 0.973 bits per heavy atom. The van der Waals surface area contributed by atoms with E-state index in [1.54, 1.807) is 0 Å². The lowest BCUT2D eigenvalue weighted by Crippen LogP contribution is -2.45. The Bertz CT molecular complexity index is 1110. The minimum absolute atomic E-state index is 0.00108. The van der Waals surface area contributed by atoms with Crippen LogP contribution in [-0.2, 0) is 14.3 Å². The molecule has 0 radical (unpaired) electrons. The van der Waals surface area contributed by atoms with E-state index in [0.717, 1.165) is 44.9 Å². The zero-order valence-electron chi connectivity index (χ0n) is 50.4. The van der Waals surface area contributed by atoms with Crippen molar-refractivity contribution >= 4 is 11.9 Å². The first-order chi connectivity index (χ1) is 36.5. The van der Waals surface area contributed by atoms with Gasteiger partial charge >= 0.3 is 5.97 Å². The number of ether oxygens (including phenoxy) is 1. The summed E-state index contributed by atoms with van der Waals surface area (Å²) in [6, 6.07) is -0.545. The molecule has 0 aromatic heterocycles. The summed E-state index contributed by atoms with van der Waals surface area (Å²) in [5.74, 6) is -0.0318. The van der Waals surface area contributed by atoms with Gasteiger partial charge in [0.2, 0.25) is 5.91 Å². The van der Waals surface area contributed by atoms with Gasteiger partial charge < -0.3 is 20.3 Å². The normalized spacial score (nSPS) is 12.5. The van der Waals surface area contributed by atoms with Crippen molar-refractivity contribution in [2.75, 3.05) is 13.2 Å². The van der Waals surface area contributed by atoms with E-state index in [2.05, 4.69) is 31.3 Å². The maximum Gasteiger partial charge on any atom is 0.305 e. The van der Waals surface area contributed by atoms with Crippen molar-refractivity contribution in [1.82, 2.24) is 5.32 Å². The molecular weight excluding hydrogens is 911 g/mol. The average molecular weight is 1040 g/mol. The van der Waals surface area contributed by atoms with Crippen molar-refractivity contribution in [1.29, 1.82) is 0 Å². The summed E-state index contributed by atoms with van der Waals surface area (Å²) in [7, 11) is 0. The lowest BCUT2D eigenvalue weighted by atomic mass is 10.0. The van der Waals surface area contributed by atoms with Gasteiger partial charge in [-0.25, -0.2) is 0 Å². The molecule has 2 atom stereocenters. The third kappa shape index (κ3) is 59.8. The molecule has 0 bridgehead atoms. The van der Waals surface area contributed by atoms with E-state index < -0.39 is 12.1 Å². The van der Waals surface area contributed by atoms with E-state index in [1.165, 1.54) is 308 Å². The average Bonchev–Trinajstić information content (AvgIpc) is 3.40. The molecule has 3 N–H and O–H groups in total. The minimum Gasteiger partial charge on any atom is -0.466 e. The highest BCUT2D eigenvalue weighted by molar-refractivity contribution is 5.76. The summed E-state index contributed by atoms with van der Waals surface area (Å²) < 4.78 is 5.47. The number of aliphatic hydroxyl groups is 2. The first-order valence-corrected chi connectivity index (χ1v) is 33.9. The summed E-state index contributed by atoms with van der Waals surface area (Å²) >= 11 is 0. The number of esters is 1. The summed E-state index contributed by atoms with van der Waals surface area (Å²) in [5.41, 5.74) is 0. The zero-order chi connectivity index (χ0) is 53.6. The van der Waals surface area contributed by atoms with E-state index in [4.69, 9.17) is 4.74 Å². The lowest BCUT2D eigenvalue weighted by molar-refractivity contribution is -0.143. The van der Waals surface area contributed by atoms with Crippen LogP contribution in [0.25, 0.3) is 0 Å². The Morgan fingerprint density at radius 2 is 0.635 bits per heavy atom. The van der Waals surface area contributed by atoms with E-state index in [1.807, 2.05) is 0 Å². The number of nitrogens with one attached hydrogen (secondary N) is 1. The topological polar surface area (TPSA) is 95.9 Å². The molecular formula is C68H133NO5. The lowest BCUT2D eigenvalue weighted by Gasteiger charge is -2.22. The van der Waals surface area contributed by atoms with Crippen LogP contribution in [0.1, 0.15) is 386 Å². The summed E-state index contributed by atoms with van der Waals surface area (Å²) in [4.78, 5) is 24.6. The molecule has 1 amide bonds. The molecule has 0 fully saturated rings. The van der Waals surface area contributed by atoms with Crippen LogP contribution in [0, 0.1) is 0 Å². The van der Waals surface area contributed by atoms with Crippen LogP contribution in [0.4, 0.5) is 0 Å². The molecule has 0 aliphatic rings. The summed E-state index contributed by atoms with van der Waals surface area (Å²) in [6.45, 7) is 4.97. The minimum atomic E-state index is -0.667. The summed E-state index contributed by atoms with van der Waals surface area (Å²) in [5, 5.41) is 23.4. The predicted octanol–water partition coefficient (Wildman–Crippen LogP) is 21.6. The molecule has 0 aromatic rings. The van der Waals surface area contributed by atoms with Crippen LogP contribution in [0.15, 0.2) is 12.2 Å². The van der Waals surface area contributed by atoms with Crippen molar-refractivity contribution in [3.8, 4) is 0 Å². The molecule has 440 valence electrons. The fourth-order valence-corrected chi connectivity index (χ4v) is 10.9. The zero-order valence-corrected chi connectivity index (χ0v) is 50.4. The quantitative estimate of drug-likeness (QED) is 0.0320. The van der Waals surface area contributed by atoms with E-state index in [9.17, 15) is 19.8 Å². The Morgan fingerprint density at radius 1 is 0.365 bits per heavy atom. The van der Waals surface area contributed by atoms with Crippen molar-refractivity contribution in [3.63, 3.8) is 0 Å². The Labute approximate surface area is 463 Å². The first-order valence-electron chi connectivity index (χ1n) is 33.9. The van der Waals surface area contributed by atoms with Crippen LogP contribution in [0.2, 0.25) is 0 Å². The third-order valence-corrected chi connectivity index (χ3v) is 16.1. The molecule has 0 aliphatic heterocycles. The smallest absolute Gasteiger partial charge is 0.305 e. The maximum atomic E-state index is 12.5. The summed E-state index contributed by atoms with van der Waals surface area (Å²) in [6.07, 6.45) is 78.1. The third-order valence-electron chi connectivity index (χ3n) is 16.1. The van der Waals surface area contributed by atoms with Gasteiger partial charge in [-0.2, -0.15) is 0 Å². The molecule has 0 saturated carbocycles. The number of amides is 1. The van der Waals surface area contributed by atoms with Crippen LogP contribution in [0.3, 0.4) is 0 Å². The fraction of sp³-hybridized carbons (Fsp3) is 0.941. The second-order valence-electron chi connectivity index (χ2n) is 23.5. The number of hydrogen-bond donors (Lipinski definition) is 3. The number of carbonyl (C=O) groups is 2. The molecule has 6 heteroatoms. The second kappa shape index (κ2) is 64.1. The van der Waals surface area contributed by atoms with Gasteiger partial charge in [-0.05, 0) is 51.4 Å². The molecule has 0 spiro atoms. The number of unbranched alkanes of at least 4 members (excludes halogenated alkanes) is 51. The monoisotopic (exact) mass is 1040 g/mol. The Kier molecular flexibility index (Phi) is 62.9. The molecule has 0 rings (SSSR count). The van der Waals surface area contributed by atoms with Crippen LogP contribution < -0.4 is 5.32 Å². The number of rotatable bonds is 64. The molecule has 0 aliphatic carbocycles. The number of aliphatic hydroxyl groups excluding tert-OH is 2. The molecule has 6 nitrogen and oxygen atoms in total. The van der Waals surface area contributed by atoms with Gasteiger partial charge in [-0.1, -0.05) is 334 Å². The standard InChI is InChI=1S/C68H133NO5/c1-3-5-7-9-11-13-15-17-18-19-20-21-22-23-24-25-27-30-33-37-40-44-48-52-56-60-66(71)65(64-70)69-67(72)61-57-53-49-45-41-38-34-31-28-26-29-32-35-39-43-47-51-55-59-63-74-68(73)62-58-54-50-46-42-36-16-14-12-10-8-6-4-2/h14,16,65-66,70-71H,3-13,15,17-64H2,1-2H3,(H,69,72)/b16-14-. The van der Waals surface area contributed by atoms with Crippen molar-refractivity contribution in [2.45, 2.75) is 398 Å². The largest absolute Gasteiger partial charge is 0.466 e. The van der Waals surface area contributed by atoms with Gasteiger partial charge in [0.05, 0.1) is 25.4 Å². The van der Waals surface area contributed by atoms with Crippen LogP contribution >= 0.6 is 0 Å². The fourth-order valence-electron chi connectivity index (χ4n) is 10.9. The van der Waals surface area contributed by atoms with Gasteiger partial charge in [0.15, 0.2) is 0 Å².